The first-order valence-electron chi connectivity index (χ1n) is 11.0. The van der Waals surface area contributed by atoms with Crippen LogP contribution in [0.25, 0.3) is 0 Å². The molecule has 0 saturated carbocycles. The molecule has 29 heavy (non-hydrogen) atoms. The van der Waals surface area contributed by atoms with Crippen LogP contribution in [0.5, 0.6) is 0 Å². The molecule has 154 valence electrons. The van der Waals surface area contributed by atoms with Crippen LogP contribution in [0, 0.1) is 6.92 Å². The molecule has 0 radical (unpaired) electrons. The molecule has 1 saturated heterocycles. The summed E-state index contributed by atoms with van der Waals surface area (Å²) in [5, 5.41) is 3.21. The average molecular weight is 392 g/mol. The largest absolute Gasteiger partial charge is 0.374 e. The predicted octanol–water partition coefficient (Wildman–Crippen LogP) is 4.33. The molecule has 1 N–H and O–H groups in total. The number of anilines is 1. The number of hydrogen-bond acceptors (Lipinski definition) is 3. The van der Waals surface area contributed by atoms with E-state index in [-0.39, 0.29) is 11.9 Å². The highest BCUT2D eigenvalue weighted by atomic mass is 16.1. The van der Waals surface area contributed by atoms with Gasteiger partial charge in [-0.3, -0.25) is 9.69 Å². The molecule has 0 bridgehead atoms. The van der Waals surface area contributed by atoms with Crippen LogP contribution in [0.4, 0.5) is 5.69 Å². The van der Waals surface area contributed by atoms with E-state index >= 15 is 0 Å². The topological polar surface area (TPSA) is 35.6 Å². The first-order valence-corrected chi connectivity index (χ1v) is 11.0. The number of amides is 1. The van der Waals surface area contributed by atoms with Crippen molar-refractivity contribution in [1.82, 2.24) is 10.2 Å². The summed E-state index contributed by atoms with van der Waals surface area (Å²) in [5.74, 6) is 0.0182. The van der Waals surface area contributed by atoms with Gasteiger partial charge in [-0.25, -0.2) is 0 Å². The van der Waals surface area contributed by atoms with Crippen molar-refractivity contribution in [2.45, 2.75) is 45.1 Å². The van der Waals surface area contributed by atoms with Gasteiger partial charge in [0.05, 0.1) is 6.04 Å². The Hall–Kier alpha value is -2.33. The van der Waals surface area contributed by atoms with E-state index in [1.807, 2.05) is 31.2 Å². The standard InChI is InChI=1S/C25H33N3O/c1-19-8-10-20(11-9-19)25(29)26-18-24(28-15-4-3-5-16-28)22-12-13-23-21(17-22)7-6-14-27(23)2/h8-13,17,24H,3-7,14-16,18H2,1-2H3,(H,26,29). The van der Waals surface area contributed by atoms with Crippen LogP contribution in [0.1, 0.15) is 58.8 Å². The van der Waals surface area contributed by atoms with Gasteiger partial charge in [0.15, 0.2) is 0 Å². The summed E-state index contributed by atoms with van der Waals surface area (Å²) in [7, 11) is 2.18. The van der Waals surface area contributed by atoms with E-state index in [9.17, 15) is 4.79 Å². The van der Waals surface area contributed by atoms with Crippen molar-refractivity contribution in [3.05, 3.63) is 64.7 Å². The normalized spacial score (nSPS) is 18.2. The Morgan fingerprint density at radius 3 is 2.52 bits per heavy atom. The maximum atomic E-state index is 12.7. The quantitative estimate of drug-likeness (QED) is 0.824. The number of nitrogens with zero attached hydrogens (tertiary/aromatic N) is 2. The Bertz CT molecular complexity index is 840. The van der Waals surface area contributed by atoms with E-state index < -0.39 is 0 Å². The van der Waals surface area contributed by atoms with Crippen LogP contribution in [-0.4, -0.2) is 44.0 Å². The summed E-state index contributed by atoms with van der Waals surface area (Å²) in [4.78, 5) is 17.6. The summed E-state index contributed by atoms with van der Waals surface area (Å²) in [6, 6.07) is 15.0. The van der Waals surface area contributed by atoms with E-state index in [1.165, 1.54) is 48.1 Å². The molecule has 2 aliphatic rings. The second-order valence-electron chi connectivity index (χ2n) is 8.60. The molecule has 2 aliphatic heterocycles. The maximum absolute atomic E-state index is 12.7. The molecule has 0 aliphatic carbocycles. The third kappa shape index (κ3) is 4.64. The molecule has 4 heteroatoms. The van der Waals surface area contributed by atoms with Crippen molar-refractivity contribution in [2.24, 2.45) is 0 Å². The first kappa shape index (κ1) is 20.0. The van der Waals surface area contributed by atoms with Crippen molar-refractivity contribution in [3.8, 4) is 0 Å². The molecular formula is C25H33N3O. The zero-order valence-corrected chi connectivity index (χ0v) is 17.8. The Balaban J connectivity index is 1.53. The number of nitrogens with one attached hydrogen (secondary N) is 1. The SMILES string of the molecule is Cc1ccc(C(=O)NCC(c2ccc3c(c2)CCCN3C)N2CCCCC2)cc1. The molecule has 4 nitrogen and oxygen atoms in total. The summed E-state index contributed by atoms with van der Waals surface area (Å²) >= 11 is 0. The minimum atomic E-state index is 0.0182. The Morgan fingerprint density at radius 1 is 1.00 bits per heavy atom. The number of fused-ring (bicyclic) bond motifs is 1. The number of carbonyl (C=O) groups excluding carboxylic acids is 1. The highest BCUT2D eigenvalue weighted by Gasteiger charge is 2.25. The fourth-order valence-electron chi connectivity index (χ4n) is 4.70. The minimum Gasteiger partial charge on any atom is -0.374 e. The molecule has 1 unspecified atom stereocenters. The number of aryl methyl sites for hydroxylation is 2. The van der Waals surface area contributed by atoms with Crippen molar-refractivity contribution in [1.29, 1.82) is 0 Å². The molecule has 0 spiro atoms. The lowest BCUT2D eigenvalue weighted by Gasteiger charge is -2.36. The van der Waals surface area contributed by atoms with E-state index in [1.54, 1.807) is 0 Å². The molecule has 1 amide bonds. The predicted molar refractivity (Wildman–Crippen MR) is 120 cm³/mol. The summed E-state index contributed by atoms with van der Waals surface area (Å²) in [5.41, 5.74) is 6.06. The van der Waals surface area contributed by atoms with Crippen LogP contribution in [0.2, 0.25) is 0 Å². The molecule has 2 aromatic carbocycles. The van der Waals surface area contributed by atoms with Crippen molar-refractivity contribution < 1.29 is 4.79 Å². The van der Waals surface area contributed by atoms with Crippen LogP contribution in [-0.2, 0) is 6.42 Å². The van der Waals surface area contributed by atoms with Crippen molar-refractivity contribution >= 4 is 11.6 Å². The first-order chi connectivity index (χ1) is 14.1. The number of carbonyl (C=O) groups is 1. The average Bonchev–Trinajstić information content (AvgIpc) is 2.75. The van der Waals surface area contributed by atoms with Gasteiger partial charge >= 0.3 is 0 Å². The van der Waals surface area contributed by atoms with E-state index in [0.29, 0.717) is 6.54 Å². The Morgan fingerprint density at radius 2 is 1.76 bits per heavy atom. The molecule has 1 atom stereocenters. The number of benzene rings is 2. The molecular weight excluding hydrogens is 358 g/mol. The highest BCUT2D eigenvalue weighted by Crippen LogP contribution is 2.31. The third-order valence-electron chi connectivity index (χ3n) is 6.44. The van der Waals surface area contributed by atoms with E-state index in [4.69, 9.17) is 0 Å². The molecule has 2 aromatic rings. The van der Waals surface area contributed by atoms with Crippen LogP contribution >= 0.6 is 0 Å². The highest BCUT2D eigenvalue weighted by molar-refractivity contribution is 5.94. The Kier molecular flexibility index (Phi) is 6.19. The lowest BCUT2D eigenvalue weighted by Crippen LogP contribution is -2.40. The van der Waals surface area contributed by atoms with Gasteiger partial charge in [0.2, 0.25) is 0 Å². The second-order valence-corrected chi connectivity index (χ2v) is 8.60. The van der Waals surface area contributed by atoms with Crippen LogP contribution < -0.4 is 10.2 Å². The van der Waals surface area contributed by atoms with E-state index in [0.717, 1.165) is 31.6 Å². The summed E-state index contributed by atoms with van der Waals surface area (Å²) in [6.07, 6.45) is 6.17. The van der Waals surface area contributed by atoms with Gasteiger partial charge in [-0.1, -0.05) is 36.2 Å². The van der Waals surface area contributed by atoms with E-state index in [2.05, 4.69) is 40.4 Å². The molecule has 0 aromatic heterocycles. The number of likely N-dealkylation sites (tertiary alicyclic amines) is 1. The summed E-state index contributed by atoms with van der Waals surface area (Å²) < 4.78 is 0. The van der Waals surface area contributed by atoms with Crippen LogP contribution in [0.3, 0.4) is 0 Å². The number of rotatable bonds is 5. The van der Waals surface area contributed by atoms with Gasteiger partial charge in [0.1, 0.15) is 0 Å². The molecule has 4 rings (SSSR count). The summed E-state index contributed by atoms with van der Waals surface area (Å²) in [6.45, 7) is 6.06. The van der Waals surface area contributed by atoms with Gasteiger partial charge in [-0.2, -0.15) is 0 Å². The van der Waals surface area contributed by atoms with Gasteiger partial charge in [-0.05, 0) is 75.0 Å². The smallest absolute Gasteiger partial charge is 0.251 e. The maximum Gasteiger partial charge on any atom is 0.251 e. The van der Waals surface area contributed by atoms with Gasteiger partial charge in [0.25, 0.3) is 5.91 Å². The minimum absolute atomic E-state index is 0.0182. The Labute approximate surface area is 174 Å². The van der Waals surface area contributed by atoms with Crippen molar-refractivity contribution in [2.75, 3.05) is 38.1 Å². The molecule has 1 fully saturated rings. The number of hydrogen-bond donors (Lipinski definition) is 1. The fraction of sp³-hybridized carbons (Fsp3) is 0.480. The zero-order valence-electron chi connectivity index (χ0n) is 17.8. The van der Waals surface area contributed by atoms with Gasteiger partial charge < -0.3 is 10.2 Å². The lowest BCUT2D eigenvalue weighted by atomic mass is 9.95. The lowest BCUT2D eigenvalue weighted by molar-refractivity contribution is 0.0924. The molecule has 2 heterocycles. The fourth-order valence-corrected chi connectivity index (χ4v) is 4.70. The zero-order chi connectivity index (χ0) is 20.2. The van der Waals surface area contributed by atoms with Gasteiger partial charge in [-0.15, -0.1) is 0 Å². The van der Waals surface area contributed by atoms with Crippen molar-refractivity contribution in [3.63, 3.8) is 0 Å². The van der Waals surface area contributed by atoms with Crippen LogP contribution in [0.15, 0.2) is 42.5 Å². The monoisotopic (exact) mass is 391 g/mol. The number of piperidine rings is 1. The van der Waals surface area contributed by atoms with Gasteiger partial charge in [0, 0.05) is 31.4 Å². The third-order valence-corrected chi connectivity index (χ3v) is 6.44. The second kappa shape index (κ2) is 9.00.